The standard InChI is InChI=1S/C27H32/c1-2-4-6-8-10-12-14-16-18-20-22-24-26-27-25-23-21-19-17-15-13-11-9-7-5-3-1/h1-22H,23-27H2. The third-order valence-corrected chi connectivity index (χ3v) is 3.62. The van der Waals surface area contributed by atoms with Crippen LogP contribution in [-0.2, 0) is 0 Å². The van der Waals surface area contributed by atoms with Crippen LogP contribution in [0, 0.1) is 0 Å². The second-order valence-electron chi connectivity index (χ2n) is 5.96. The maximum Gasteiger partial charge on any atom is -0.0348 e. The fourth-order valence-electron chi connectivity index (χ4n) is 2.21. The predicted octanol–water partition coefficient (Wildman–Crippen LogP) is 8.07. The van der Waals surface area contributed by atoms with Gasteiger partial charge in [0.25, 0.3) is 0 Å². The van der Waals surface area contributed by atoms with Crippen LogP contribution in [0.5, 0.6) is 0 Å². The van der Waals surface area contributed by atoms with E-state index in [0.717, 1.165) is 12.8 Å². The van der Waals surface area contributed by atoms with Crippen molar-refractivity contribution in [1.82, 2.24) is 0 Å². The van der Waals surface area contributed by atoms with Gasteiger partial charge in [-0.3, -0.25) is 0 Å². The highest BCUT2D eigenvalue weighted by molar-refractivity contribution is 5.22. The average molecular weight is 357 g/mol. The summed E-state index contributed by atoms with van der Waals surface area (Å²) < 4.78 is 0. The lowest BCUT2D eigenvalue weighted by atomic mass is 10.1. The number of hydrogen-bond donors (Lipinski definition) is 0. The van der Waals surface area contributed by atoms with Crippen molar-refractivity contribution in [3.05, 3.63) is 134 Å². The van der Waals surface area contributed by atoms with Crippen molar-refractivity contribution in [3.8, 4) is 0 Å². The zero-order chi connectivity index (χ0) is 19.1. The van der Waals surface area contributed by atoms with Crippen LogP contribution in [0.25, 0.3) is 0 Å². The lowest BCUT2D eigenvalue weighted by Crippen LogP contribution is -1.74. The van der Waals surface area contributed by atoms with Crippen LogP contribution in [0.3, 0.4) is 0 Å². The Hall–Kier alpha value is -2.86. The molecule has 0 heterocycles. The SMILES string of the molecule is C1=CC=CC=CC=CC=CC=CCCCCCC=CC=CC=CC=CC=C1. The molecule has 0 nitrogen and oxygen atoms in total. The van der Waals surface area contributed by atoms with Gasteiger partial charge in [0.2, 0.25) is 0 Å². The molecule has 1 aliphatic carbocycles. The first-order valence-electron chi connectivity index (χ1n) is 9.82. The van der Waals surface area contributed by atoms with E-state index in [1.807, 2.05) is 85.1 Å². The van der Waals surface area contributed by atoms with Crippen molar-refractivity contribution < 1.29 is 0 Å². The predicted molar refractivity (Wildman–Crippen MR) is 124 cm³/mol. The molecule has 0 saturated heterocycles. The molecule has 0 saturated carbocycles. The first kappa shape index (κ1) is 22.2. The van der Waals surface area contributed by atoms with Crippen molar-refractivity contribution in [3.63, 3.8) is 0 Å². The van der Waals surface area contributed by atoms with E-state index in [2.05, 4.69) is 48.6 Å². The number of allylic oxidation sites excluding steroid dienone is 22. The third-order valence-electron chi connectivity index (χ3n) is 3.62. The van der Waals surface area contributed by atoms with Crippen LogP contribution >= 0.6 is 0 Å². The molecule has 0 unspecified atom stereocenters. The van der Waals surface area contributed by atoms with Crippen LogP contribution in [0.4, 0.5) is 0 Å². The Morgan fingerprint density at radius 2 is 0.444 bits per heavy atom. The van der Waals surface area contributed by atoms with Gasteiger partial charge in [-0.05, 0) is 25.7 Å². The lowest BCUT2D eigenvalue weighted by molar-refractivity contribution is 0.696. The van der Waals surface area contributed by atoms with Crippen LogP contribution < -0.4 is 0 Å². The summed E-state index contributed by atoms with van der Waals surface area (Å²) in [6.45, 7) is 0. The summed E-state index contributed by atoms with van der Waals surface area (Å²) in [5.74, 6) is 0. The smallest absolute Gasteiger partial charge is 0.0348 e. The van der Waals surface area contributed by atoms with Gasteiger partial charge < -0.3 is 0 Å². The summed E-state index contributed by atoms with van der Waals surface area (Å²) in [6.07, 6.45) is 51.5. The Bertz CT molecular complexity index is 607. The van der Waals surface area contributed by atoms with Gasteiger partial charge in [0.1, 0.15) is 0 Å². The van der Waals surface area contributed by atoms with E-state index >= 15 is 0 Å². The Kier molecular flexibility index (Phi) is 16.0. The topological polar surface area (TPSA) is 0 Å². The molecule has 0 amide bonds. The Morgan fingerprint density at radius 3 is 0.704 bits per heavy atom. The molecule has 27 heavy (non-hydrogen) atoms. The fourth-order valence-corrected chi connectivity index (χ4v) is 2.21. The molecule has 1 rings (SSSR count). The average Bonchev–Trinajstić information content (AvgIpc) is 2.68. The molecule has 0 aliphatic heterocycles. The maximum atomic E-state index is 2.25. The van der Waals surface area contributed by atoms with E-state index in [9.17, 15) is 0 Å². The van der Waals surface area contributed by atoms with Crippen LogP contribution in [0.15, 0.2) is 134 Å². The van der Waals surface area contributed by atoms with Crippen molar-refractivity contribution in [1.29, 1.82) is 0 Å². The second kappa shape index (κ2) is 19.5. The molecule has 0 aromatic heterocycles. The van der Waals surface area contributed by atoms with Gasteiger partial charge >= 0.3 is 0 Å². The number of rotatable bonds is 0. The van der Waals surface area contributed by atoms with Gasteiger partial charge in [-0.15, -0.1) is 0 Å². The molecule has 0 aromatic rings. The molecule has 1 aliphatic rings. The van der Waals surface area contributed by atoms with E-state index in [4.69, 9.17) is 0 Å². The summed E-state index contributed by atoms with van der Waals surface area (Å²) >= 11 is 0. The fraction of sp³-hybridized carbons (Fsp3) is 0.185. The molecular weight excluding hydrogens is 324 g/mol. The molecular formula is C27H32. The van der Waals surface area contributed by atoms with E-state index in [1.54, 1.807) is 0 Å². The van der Waals surface area contributed by atoms with E-state index < -0.39 is 0 Å². The molecule has 0 bridgehead atoms. The first-order chi connectivity index (χ1) is 13.5. The zero-order valence-corrected chi connectivity index (χ0v) is 16.2. The van der Waals surface area contributed by atoms with Gasteiger partial charge in [0, 0.05) is 0 Å². The molecule has 0 aromatic carbocycles. The van der Waals surface area contributed by atoms with Crippen molar-refractivity contribution in [2.45, 2.75) is 32.1 Å². The third kappa shape index (κ3) is 17.7. The van der Waals surface area contributed by atoms with Gasteiger partial charge in [-0.25, -0.2) is 0 Å². The van der Waals surface area contributed by atoms with Gasteiger partial charge in [-0.1, -0.05) is 140 Å². The van der Waals surface area contributed by atoms with Crippen LogP contribution in [0.1, 0.15) is 32.1 Å². The van der Waals surface area contributed by atoms with Crippen LogP contribution in [0.2, 0.25) is 0 Å². The monoisotopic (exact) mass is 356 g/mol. The Morgan fingerprint density at radius 1 is 0.222 bits per heavy atom. The largest absolute Gasteiger partial charge is 0.0845 e. The van der Waals surface area contributed by atoms with Crippen molar-refractivity contribution >= 4 is 0 Å². The summed E-state index contributed by atoms with van der Waals surface area (Å²) in [5.41, 5.74) is 0. The highest BCUT2D eigenvalue weighted by Crippen LogP contribution is 2.04. The molecule has 140 valence electrons. The summed E-state index contributed by atoms with van der Waals surface area (Å²) in [7, 11) is 0. The minimum atomic E-state index is 1.16. The van der Waals surface area contributed by atoms with Gasteiger partial charge in [0.05, 0.1) is 0 Å². The van der Waals surface area contributed by atoms with Crippen LogP contribution in [-0.4, -0.2) is 0 Å². The molecule has 0 spiro atoms. The second-order valence-corrected chi connectivity index (χ2v) is 5.96. The summed E-state index contributed by atoms with van der Waals surface area (Å²) in [5, 5.41) is 0. The quantitative estimate of drug-likeness (QED) is 0.411. The number of hydrogen-bond acceptors (Lipinski definition) is 0. The zero-order valence-electron chi connectivity index (χ0n) is 16.2. The van der Waals surface area contributed by atoms with Crippen molar-refractivity contribution in [2.75, 3.05) is 0 Å². The molecule has 0 fully saturated rings. The summed E-state index contributed by atoms with van der Waals surface area (Å²) in [6, 6.07) is 0. The molecule has 0 N–H and O–H groups in total. The Balaban J connectivity index is 2.52. The lowest BCUT2D eigenvalue weighted by Gasteiger charge is -1.94. The van der Waals surface area contributed by atoms with Crippen molar-refractivity contribution in [2.24, 2.45) is 0 Å². The Labute approximate surface area is 166 Å². The van der Waals surface area contributed by atoms with E-state index in [1.165, 1.54) is 19.3 Å². The summed E-state index contributed by atoms with van der Waals surface area (Å²) in [4.78, 5) is 0. The normalized spacial score (nSPS) is 17.5. The van der Waals surface area contributed by atoms with E-state index in [-0.39, 0.29) is 0 Å². The van der Waals surface area contributed by atoms with Gasteiger partial charge in [0.15, 0.2) is 0 Å². The minimum Gasteiger partial charge on any atom is -0.0845 e. The molecule has 0 heteroatoms. The maximum absolute atomic E-state index is 2.25. The minimum absolute atomic E-state index is 1.16. The molecule has 0 radical (unpaired) electrons. The highest BCUT2D eigenvalue weighted by Gasteiger charge is 1.84. The molecule has 0 atom stereocenters. The van der Waals surface area contributed by atoms with Gasteiger partial charge in [-0.2, -0.15) is 0 Å². The highest BCUT2D eigenvalue weighted by atomic mass is 13.9. The first-order valence-corrected chi connectivity index (χ1v) is 9.82. The van der Waals surface area contributed by atoms with E-state index in [0.29, 0.717) is 0 Å².